The first-order chi connectivity index (χ1) is 10.6. The first kappa shape index (κ1) is 16.3. The van der Waals surface area contributed by atoms with Crippen LogP contribution in [0.3, 0.4) is 0 Å². The summed E-state index contributed by atoms with van der Waals surface area (Å²) in [4.78, 5) is 14.3. The summed E-state index contributed by atoms with van der Waals surface area (Å²) in [6.45, 7) is 3.93. The van der Waals surface area contributed by atoms with Crippen LogP contribution in [0.4, 0.5) is 5.69 Å². The molecule has 0 fully saturated rings. The molecule has 1 amide bonds. The van der Waals surface area contributed by atoms with Gasteiger partial charge < -0.3 is 15.3 Å². The Hall–Kier alpha value is -2.07. The van der Waals surface area contributed by atoms with Crippen LogP contribution in [0.2, 0.25) is 0 Å². The number of fused-ring (bicyclic) bond motifs is 1. The summed E-state index contributed by atoms with van der Waals surface area (Å²) in [5.41, 5.74) is 0.745. The summed E-state index contributed by atoms with van der Waals surface area (Å²) in [6, 6.07) is 10.9. The van der Waals surface area contributed by atoms with Gasteiger partial charge in [0.2, 0.25) is 5.91 Å². The Kier molecular flexibility index (Phi) is 5.78. The maximum atomic E-state index is 12.1. The molecular formula is C18H24N2O2. The first-order valence-electron chi connectivity index (χ1n) is 7.81. The third-order valence-electron chi connectivity index (χ3n) is 3.79. The molecule has 0 atom stereocenters. The molecule has 4 heteroatoms. The zero-order valence-electron chi connectivity index (χ0n) is 13.3. The number of hydrogen-bond donors (Lipinski definition) is 2. The Morgan fingerprint density at radius 1 is 1.14 bits per heavy atom. The number of phenols is 1. The first-order valence-corrected chi connectivity index (χ1v) is 7.81. The van der Waals surface area contributed by atoms with Crippen LogP contribution >= 0.6 is 0 Å². The van der Waals surface area contributed by atoms with E-state index in [2.05, 4.69) is 17.1 Å². The molecule has 2 rings (SSSR count). The Morgan fingerprint density at radius 2 is 1.86 bits per heavy atom. The summed E-state index contributed by atoms with van der Waals surface area (Å²) >= 11 is 0. The number of nitrogens with one attached hydrogen (secondary N) is 1. The molecule has 0 saturated heterocycles. The SMILES string of the molecule is CCCCN(C)CCC(=O)Nc1cccc2c(O)cccc12. The summed E-state index contributed by atoms with van der Waals surface area (Å²) < 4.78 is 0. The van der Waals surface area contributed by atoms with Crippen LogP contribution in [0.25, 0.3) is 10.8 Å². The van der Waals surface area contributed by atoms with E-state index in [1.165, 1.54) is 0 Å². The number of phenolic OH excluding ortho intramolecular Hbond substituents is 1. The number of carbonyl (C=O) groups is 1. The van der Waals surface area contributed by atoms with Gasteiger partial charge in [0.15, 0.2) is 0 Å². The van der Waals surface area contributed by atoms with Gasteiger partial charge in [-0.25, -0.2) is 0 Å². The van der Waals surface area contributed by atoms with Crippen molar-refractivity contribution < 1.29 is 9.90 Å². The van der Waals surface area contributed by atoms with Crippen LogP contribution in [0.15, 0.2) is 36.4 Å². The number of aromatic hydroxyl groups is 1. The zero-order chi connectivity index (χ0) is 15.9. The number of anilines is 1. The molecular weight excluding hydrogens is 276 g/mol. The molecule has 0 aliphatic heterocycles. The summed E-state index contributed by atoms with van der Waals surface area (Å²) in [7, 11) is 2.04. The third-order valence-corrected chi connectivity index (χ3v) is 3.79. The van der Waals surface area contributed by atoms with Gasteiger partial charge in [-0.15, -0.1) is 0 Å². The highest BCUT2D eigenvalue weighted by atomic mass is 16.3. The van der Waals surface area contributed by atoms with Crippen molar-refractivity contribution in [2.24, 2.45) is 0 Å². The van der Waals surface area contributed by atoms with E-state index in [1.807, 2.05) is 31.3 Å². The van der Waals surface area contributed by atoms with Crippen molar-refractivity contribution in [3.8, 4) is 5.75 Å². The highest BCUT2D eigenvalue weighted by Gasteiger charge is 2.08. The lowest BCUT2D eigenvalue weighted by molar-refractivity contribution is -0.116. The Morgan fingerprint density at radius 3 is 2.64 bits per heavy atom. The molecule has 0 saturated carbocycles. The Bertz CT molecular complexity index is 640. The normalized spacial score (nSPS) is 11.0. The van der Waals surface area contributed by atoms with E-state index < -0.39 is 0 Å². The van der Waals surface area contributed by atoms with Gasteiger partial charge in [-0.2, -0.15) is 0 Å². The molecule has 118 valence electrons. The standard InChI is InChI=1S/C18H24N2O2/c1-3-4-12-20(2)13-11-18(22)19-16-9-5-8-15-14(16)7-6-10-17(15)21/h5-10,21H,3-4,11-13H2,1-2H3,(H,19,22). The van der Waals surface area contributed by atoms with Gasteiger partial charge in [0, 0.05) is 29.4 Å². The molecule has 0 aliphatic rings. The van der Waals surface area contributed by atoms with Crippen molar-refractivity contribution in [2.75, 3.05) is 25.5 Å². The number of rotatable bonds is 7. The molecule has 0 aliphatic carbocycles. The fraction of sp³-hybridized carbons (Fsp3) is 0.389. The molecule has 0 bridgehead atoms. The average molecular weight is 300 g/mol. The van der Waals surface area contributed by atoms with Crippen molar-refractivity contribution >= 4 is 22.4 Å². The second-order valence-electron chi connectivity index (χ2n) is 5.63. The highest BCUT2D eigenvalue weighted by Crippen LogP contribution is 2.29. The number of unbranched alkanes of at least 4 members (excludes halogenated alkanes) is 1. The predicted molar refractivity (Wildman–Crippen MR) is 91.3 cm³/mol. The lowest BCUT2D eigenvalue weighted by Crippen LogP contribution is -2.25. The average Bonchev–Trinajstić information content (AvgIpc) is 2.52. The summed E-state index contributed by atoms with van der Waals surface area (Å²) in [5, 5.41) is 14.4. The molecule has 2 aromatic carbocycles. The van der Waals surface area contributed by atoms with Gasteiger partial charge in [-0.05, 0) is 32.1 Å². The van der Waals surface area contributed by atoms with Gasteiger partial charge in [-0.3, -0.25) is 4.79 Å². The van der Waals surface area contributed by atoms with Gasteiger partial charge >= 0.3 is 0 Å². The molecule has 22 heavy (non-hydrogen) atoms. The van der Waals surface area contributed by atoms with E-state index in [0.717, 1.165) is 42.4 Å². The Balaban J connectivity index is 1.99. The van der Waals surface area contributed by atoms with Crippen LogP contribution < -0.4 is 5.32 Å². The predicted octanol–water partition coefficient (Wildman–Crippen LogP) is 3.61. The lowest BCUT2D eigenvalue weighted by Gasteiger charge is -2.16. The summed E-state index contributed by atoms with van der Waals surface area (Å²) in [6.07, 6.45) is 2.78. The lowest BCUT2D eigenvalue weighted by atomic mass is 10.1. The van der Waals surface area contributed by atoms with E-state index in [9.17, 15) is 9.90 Å². The number of amides is 1. The zero-order valence-corrected chi connectivity index (χ0v) is 13.3. The number of carbonyl (C=O) groups excluding carboxylic acids is 1. The van der Waals surface area contributed by atoms with Gasteiger partial charge in [0.25, 0.3) is 0 Å². The topological polar surface area (TPSA) is 52.6 Å². The van der Waals surface area contributed by atoms with Gasteiger partial charge in [0.05, 0.1) is 0 Å². The van der Waals surface area contributed by atoms with Crippen molar-refractivity contribution in [2.45, 2.75) is 26.2 Å². The minimum Gasteiger partial charge on any atom is -0.507 e. The number of hydrogen-bond acceptors (Lipinski definition) is 3. The van der Waals surface area contributed by atoms with Crippen LogP contribution in [0, 0.1) is 0 Å². The van der Waals surface area contributed by atoms with Crippen molar-refractivity contribution in [1.82, 2.24) is 4.90 Å². The largest absolute Gasteiger partial charge is 0.507 e. The molecule has 4 nitrogen and oxygen atoms in total. The fourth-order valence-corrected chi connectivity index (χ4v) is 2.45. The molecule has 0 radical (unpaired) electrons. The highest BCUT2D eigenvalue weighted by molar-refractivity contribution is 6.03. The minimum atomic E-state index is -0.000749. The molecule has 0 aromatic heterocycles. The molecule has 2 N–H and O–H groups in total. The second kappa shape index (κ2) is 7.80. The number of nitrogens with zero attached hydrogens (tertiary/aromatic N) is 1. The minimum absolute atomic E-state index is 0.000749. The van der Waals surface area contributed by atoms with Gasteiger partial charge in [-0.1, -0.05) is 37.6 Å². The molecule has 0 spiro atoms. The maximum Gasteiger partial charge on any atom is 0.225 e. The van der Waals surface area contributed by atoms with Crippen LogP contribution in [0.1, 0.15) is 26.2 Å². The van der Waals surface area contributed by atoms with E-state index in [-0.39, 0.29) is 11.7 Å². The van der Waals surface area contributed by atoms with Crippen LogP contribution in [-0.2, 0) is 4.79 Å². The third kappa shape index (κ3) is 4.21. The Labute approximate surface area is 131 Å². The maximum absolute atomic E-state index is 12.1. The van der Waals surface area contributed by atoms with Crippen molar-refractivity contribution in [3.63, 3.8) is 0 Å². The molecule has 0 heterocycles. The van der Waals surface area contributed by atoms with Gasteiger partial charge in [0.1, 0.15) is 5.75 Å². The van der Waals surface area contributed by atoms with Crippen molar-refractivity contribution in [3.05, 3.63) is 36.4 Å². The van der Waals surface area contributed by atoms with E-state index in [4.69, 9.17) is 0 Å². The van der Waals surface area contributed by atoms with E-state index >= 15 is 0 Å². The quantitative estimate of drug-likeness (QED) is 0.821. The second-order valence-corrected chi connectivity index (χ2v) is 5.63. The molecule has 2 aromatic rings. The van der Waals surface area contributed by atoms with Crippen molar-refractivity contribution in [1.29, 1.82) is 0 Å². The summed E-state index contributed by atoms with van der Waals surface area (Å²) in [5.74, 6) is 0.229. The van der Waals surface area contributed by atoms with Crippen LogP contribution in [-0.4, -0.2) is 36.1 Å². The molecule has 0 unspecified atom stereocenters. The fourth-order valence-electron chi connectivity index (χ4n) is 2.45. The monoisotopic (exact) mass is 300 g/mol. The smallest absolute Gasteiger partial charge is 0.225 e. The number of benzene rings is 2. The van der Waals surface area contributed by atoms with E-state index in [0.29, 0.717) is 6.42 Å². The van der Waals surface area contributed by atoms with Crippen LogP contribution in [0.5, 0.6) is 5.75 Å². The van der Waals surface area contributed by atoms with E-state index in [1.54, 1.807) is 12.1 Å².